The molecule has 1 rings (SSSR count). The Morgan fingerprint density at radius 2 is 1.95 bits per heavy atom. The van der Waals surface area contributed by atoms with Crippen LogP contribution in [0.25, 0.3) is 0 Å². The molecule has 0 spiro atoms. The first-order chi connectivity index (χ1) is 8.79. The summed E-state index contributed by atoms with van der Waals surface area (Å²) in [6, 6.07) is 3.94. The van der Waals surface area contributed by atoms with Crippen molar-refractivity contribution in [3.05, 3.63) is 23.8 Å². The number of nitrogens with one attached hydrogen (secondary N) is 1. The summed E-state index contributed by atoms with van der Waals surface area (Å²) in [5.74, 6) is -1.52. The van der Waals surface area contributed by atoms with Gasteiger partial charge in [0.2, 0.25) is 0 Å². The van der Waals surface area contributed by atoms with Gasteiger partial charge < -0.3 is 16.2 Å². The number of amides is 1. The second kappa shape index (κ2) is 7.59. The number of benzene rings is 1. The molecule has 0 saturated heterocycles. The second-order valence-corrected chi connectivity index (χ2v) is 4.89. The van der Waals surface area contributed by atoms with Crippen molar-refractivity contribution in [3.8, 4) is 5.75 Å². The van der Waals surface area contributed by atoms with E-state index in [0.29, 0.717) is 5.69 Å². The molecule has 7 nitrogen and oxygen atoms in total. The standard InChI is InChI=1S/C9H12N2O5S.C2H6/c10-6-1-2-8(12)7(5-6)9(13)11-3-4-17(14,15)16;1-2/h1-2,5,12H,3-4,10H2,(H,11,13)(H,14,15,16);1-2H3. The van der Waals surface area contributed by atoms with Gasteiger partial charge in [0.05, 0.1) is 11.3 Å². The number of carbonyl (C=O) groups is 1. The lowest BCUT2D eigenvalue weighted by molar-refractivity contribution is 0.0953. The monoisotopic (exact) mass is 290 g/mol. The maximum absolute atomic E-state index is 11.5. The third-order valence-electron chi connectivity index (χ3n) is 1.91. The van der Waals surface area contributed by atoms with Crippen LogP contribution in [-0.4, -0.2) is 36.3 Å². The van der Waals surface area contributed by atoms with Crippen molar-refractivity contribution in [2.75, 3.05) is 18.0 Å². The molecule has 5 N–H and O–H groups in total. The van der Waals surface area contributed by atoms with Gasteiger partial charge in [0, 0.05) is 12.2 Å². The zero-order valence-corrected chi connectivity index (χ0v) is 11.6. The molecule has 0 aliphatic heterocycles. The van der Waals surface area contributed by atoms with E-state index in [-0.39, 0.29) is 17.9 Å². The van der Waals surface area contributed by atoms with E-state index in [1.807, 2.05) is 13.8 Å². The number of aromatic hydroxyl groups is 1. The Bertz CT molecular complexity index is 528. The number of phenols is 1. The lowest BCUT2D eigenvalue weighted by atomic mass is 10.1. The molecule has 0 unspecified atom stereocenters. The van der Waals surface area contributed by atoms with Crippen molar-refractivity contribution in [3.63, 3.8) is 0 Å². The molecule has 1 amide bonds. The second-order valence-electron chi connectivity index (χ2n) is 3.32. The Hall–Kier alpha value is -1.80. The Labute approximate surface area is 112 Å². The minimum absolute atomic E-state index is 0.0552. The third-order valence-corrected chi connectivity index (χ3v) is 2.63. The molecule has 8 heteroatoms. The number of nitrogens with two attached hydrogens (primary N) is 1. The van der Waals surface area contributed by atoms with E-state index in [1.54, 1.807) is 0 Å². The maximum Gasteiger partial charge on any atom is 0.266 e. The summed E-state index contributed by atoms with van der Waals surface area (Å²) in [5.41, 5.74) is 5.68. The molecule has 0 heterocycles. The van der Waals surface area contributed by atoms with Crippen LogP contribution in [0.5, 0.6) is 5.75 Å². The largest absolute Gasteiger partial charge is 0.507 e. The van der Waals surface area contributed by atoms with E-state index in [0.717, 1.165) is 0 Å². The lowest BCUT2D eigenvalue weighted by Gasteiger charge is -2.06. The van der Waals surface area contributed by atoms with Crippen molar-refractivity contribution < 1.29 is 22.9 Å². The van der Waals surface area contributed by atoms with Gasteiger partial charge in [-0.05, 0) is 18.2 Å². The molecule has 1 aromatic carbocycles. The maximum atomic E-state index is 11.5. The highest BCUT2D eigenvalue weighted by Gasteiger charge is 2.12. The fourth-order valence-corrected chi connectivity index (χ4v) is 1.48. The molecule has 0 bridgehead atoms. The number of anilines is 1. The lowest BCUT2D eigenvalue weighted by Crippen LogP contribution is -2.29. The van der Waals surface area contributed by atoms with Gasteiger partial charge in [0.1, 0.15) is 5.75 Å². The Morgan fingerprint density at radius 1 is 1.37 bits per heavy atom. The normalized spacial score (nSPS) is 10.3. The molecule has 19 heavy (non-hydrogen) atoms. The van der Waals surface area contributed by atoms with E-state index in [4.69, 9.17) is 10.3 Å². The predicted molar refractivity (Wildman–Crippen MR) is 72.6 cm³/mol. The van der Waals surface area contributed by atoms with Crippen molar-refractivity contribution in [2.24, 2.45) is 0 Å². The zero-order chi connectivity index (χ0) is 15.1. The molecule has 0 fully saturated rings. The first-order valence-electron chi connectivity index (χ1n) is 5.61. The summed E-state index contributed by atoms with van der Waals surface area (Å²) < 4.78 is 29.3. The third kappa shape index (κ3) is 6.63. The fourth-order valence-electron chi connectivity index (χ4n) is 1.12. The molecule has 0 radical (unpaired) electrons. The minimum Gasteiger partial charge on any atom is -0.507 e. The first-order valence-corrected chi connectivity index (χ1v) is 7.22. The highest BCUT2D eigenvalue weighted by molar-refractivity contribution is 7.85. The zero-order valence-electron chi connectivity index (χ0n) is 10.8. The molecule has 0 aliphatic carbocycles. The summed E-state index contributed by atoms with van der Waals surface area (Å²) in [5, 5.41) is 11.6. The summed E-state index contributed by atoms with van der Waals surface area (Å²) in [6.45, 7) is 3.74. The summed E-state index contributed by atoms with van der Waals surface area (Å²) in [6.07, 6.45) is 0. The molecular weight excluding hydrogens is 272 g/mol. The fraction of sp³-hybridized carbons (Fsp3) is 0.364. The molecule has 0 saturated carbocycles. The Kier molecular flexibility index (Phi) is 6.87. The summed E-state index contributed by atoms with van der Waals surface area (Å²) in [4.78, 5) is 11.5. The van der Waals surface area contributed by atoms with Crippen molar-refractivity contribution in [1.29, 1.82) is 0 Å². The van der Waals surface area contributed by atoms with Gasteiger partial charge in [0.25, 0.3) is 16.0 Å². The van der Waals surface area contributed by atoms with E-state index < -0.39 is 21.8 Å². The van der Waals surface area contributed by atoms with Crippen molar-refractivity contribution in [2.45, 2.75) is 13.8 Å². The number of hydrogen-bond acceptors (Lipinski definition) is 5. The van der Waals surface area contributed by atoms with E-state index in [9.17, 15) is 18.3 Å². The molecule has 0 aliphatic rings. The summed E-state index contributed by atoms with van der Waals surface area (Å²) >= 11 is 0. The van der Waals surface area contributed by atoms with Crippen LogP contribution in [0.1, 0.15) is 24.2 Å². The van der Waals surface area contributed by atoms with Crippen LogP contribution in [0.15, 0.2) is 18.2 Å². The molecule has 108 valence electrons. The van der Waals surface area contributed by atoms with Gasteiger partial charge in [0.15, 0.2) is 0 Å². The van der Waals surface area contributed by atoms with Crippen LogP contribution in [-0.2, 0) is 10.1 Å². The van der Waals surface area contributed by atoms with E-state index >= 15 is 0 Å². The number of nitrogen functional groups attached to an aromatic ring is 1. The van der Waals surface area contributed by atoms with Crippen LogP contribution in [0.4, 0.5) is 5.69 Å². The molecule has 0 aromatic heterocycles. The minimum atomic E-state index is -4.12. The number of phenolic OH excluding ortho intramolecular Hbond substituents is 1. The Balaban J connectivity index is 0.00000154. The number of rotatable bonds is 4. The van der Waals surface area contributed by atoms with Crippen molar-refractivity contribution in [1.82, 2.24) is 5.32 Å². The number of hydrogen-bond donors (Lipinski definition) is 4. The van der Waals surface area contributed by atoms with Gasteiger partial charge in [-0.15, -0.1) is 0 Å². The van der Waals surface area contributed by atoms with Crippen LogP contribution in [0.3, 0.4) is 0 Å². The summed E-state index contributed by atoms with van der Waals surface area (Å²) in [7, 11) is -4.12. The smallest absolute Gasteiger partial charge is 0.266 e. The quantitative estimate of drug-likeness (QED) is 0.365. The van der Waals surface area contributed by atoms with Gasteiger partial charge in [-0.3, -0.25) is 9.35 Å². The molecule has 0 atom stereocenters. The SMILES string of the molecule is CC.Nc1ccc(O)c(C(=O)NCCS(=O)(=O)O)c1. The van der Waals surface area contributed by atoms with Gasteiger partial charge in [-0.2, -0.15) is 8.42 Å². The topological polar surface area (TPSA) is 130 Å². The van der Waals surface area contributed by atoms with E-state index in [2.05, 4.69) is 5.32 Å². The molecule has 1 aromatic rings. The van der Waals surface area contributed by atoms with Crippen LogP contribution in [0, 0.1) is 0 Å². The average molecular weight is 290 g/mol. The van der Waals surface area contributed by atoms with Crippen LogP contribution in [0.2, 0.25) is 0 Å². The van der Waals surface area contributed by atoms with Crippen LogP contribution < -0.4 is 11.1 Å². The van der Waals surface area contributed by atoms with Gasteiger partial charge >= 0.3 is 0 Å². The van der Waals surface area contributed by atoms with Gasteiger partial charge in [-0.1, -0.05) is 13.8 Å². The highest BCUT2D eigenvalue weighted by Crippen LogP contribution is 2.19. The first kappa shape index (κ1) is 17.2. The van der Waals surface area contributed by atoms with E-state index in [1.165, 1.54) is 18.2 Å². The van der Waals surface area contributed by atoms with Crippen molar-refractivity contribution >= 4 is 21.7 Å². The van der Waals surface area contributed by atoms with Crippen LogP contribution >= 0.6 is 0 Å². The number of carbonyl (C=O) groups excluding carboxylic acids is 1. The Morgan fingerprint density at radius 3 is 2.47 bits per heavy atom. The highest BCUT2D eigenvalue weighted by atomic mass is 32.2. The average Bonchev–Trinajstić information content (AvgIpc) is 2.33. The van der Waals surface area contributed by atoms with Gasteiger partial charge in [-0.25, -0.2) is 0 Å². The predicted octanol–water partition coefficient (Wildman–Crippen LogP) is 0.618. The molecular formula is C11H18N2O5S.